The van der Waals surface area contributed by atoms with Gasteiger partial charge in [0.2, 0.25) is 11.8 Å². The van der Waals surface area contributed by atoms with Gasteiger partial charge in [0, 0.05) is 31.7 Å². The highest BCUT2D eigenvalue weighted by molar-refractivity contribution is 5.98. The number of morpholine rings is 1. The van der Waals surface area contributed by atoms with Crippen molar-refractivity contribution in [2.75, 3.05) is 40.0 Å². The van der Waals surface area contributed by atoms with Crippen molar-refractivity contribution < 1.29 is 33.2 Å². The molecule has 0 bridgehead atoms. The third kappa shape index (κ3) is 9.89. The zero-order valence-corrected chi connectivity index (χ0v) is 25.3. The van der Waals surface area contributed by atoms with E-state index >= 15 is 0 Å². The van der Waals surface area contributed by atoms with Crippen molar-refractivity contribution in [1.82, 2.24) is 26.0 Å². The second-order valence-electron chi connectivity index (χ2n) is 12.4. The first-order chi connectivity index (χ1) is 19.4. The number of carbonyl (C=O) groups excluding carboxylic acids is 4. The third-order valence-corrected chi connectivity index (χ3v) is 7.50. The number of hydrogen-bond donors (Lipinski definition) is 3. The summed E-state index contributed by atoms with van der Waals surface area (Å²) in [7, 11) is 1.43. The Morgan fingerprint density at radius 3 is 2.12 bits per heavy atom. The fourth-order valence-corrected chi connectivity index (χ4v) is 4.86. The van der Waals surface area contributed by atoms with E-state index in [2.05, 4.69) is 26.0 Å². The van der Waals surface area contributed by atoms with Crippen LogP contribution < -0.4 is 16.0 Å². The normalized spacial score (nSPS) is 18.9. The van der Waals surface area contributed by atoms with Crippen LogP contribution in [0.3, 0.4) is 0 Å². The molecule has 2 aliphatic rings. The lowest BCUT2D eigenvalue weighted by Crippen LogP contribution is -2.57. The molecule has 2 fully saturated rings. The molecule has 41 heavy (non-hydrogen) atoms. The summed E-state index contributed by atoms with van der Waals surface area (Å²) >= 11 is 0. The monoisotopic (exact) mass is 577 g/mol. The van der Waals surface area contributed by atoms with E-state index in [1.165, 1.54) is 7.11 Å². The highest BCUT2D eigenvalue weighted by atomic mass is 16.5. The van der Waals surface area contributed by atoms with Gasteiger partial charge in [0.25, 0.3) is 5.91 Å². The lowest BCUT2D eigenvalue weighted by atomic mass is 9.91. The van der Waals surface area contributed by atoms with Crippen molar-refractivity contribution in [2.24, 2.45) is 17.3 Å². The standard InChI is InChI=1S/C29H47N5O7/c1-18(2)13-21(25(35)29(5)7-8-29)30-28(38)24(17-39-6)32-26(36)22(14-19(3)4)31-27(37)23-15-20(41-33-23)16-34-9-11-40-12-10-34/h15,18-19,21-22,24H,7-14,16-17H2,1-6H3,(H,30,38)(H,31,37)(H,32,36)/t21-,22-,24-/m0/s1. The Kier molecular flexibility index (Phi) is 11.9. The summed E-state index contributed by atoms with van der Waals surface area (Å²) in [6, 6.07) is -1.03. The zero-order valence-electron chi connectivity index (χ0n) is 25.3. The molecule has 1 aromatic rings. The maximum Gasteiger partial charge on any atom is 0.274 e. The maximum atomic E-state index is 13.4. The van der Waals surface area contributed by atoms with E-state index in [9.17, 15) is 19.2 Å². The van der Waals surface area contributed by atoms with E-state index in [0.29, 0.717) is 38.4 Å². The van der Waals surface area contributed by atoms with Gasteiger partial charge in [-0.15, -0.1) is 0 Å². The number of methoxy groups -OCH3 is 1. The first-order valence-corrected chi connectivity index (χ1v) is 14.6. The number of nitrogens with zero attached hydrogens (tertiary/aromatic N) is 2. The molecule has 1 aromatic heterocycles. The number of nitrogens with one attached hydrogen (secondary N) is 3. The van der Waals surface area contributed by atoms with Crippen molar-refractivity contribution in [1.29, 1.82) is 0 Å². The first-order valence-electron chi connectivity index (χ1n) is 14.6. The molecule has 0 aromatic carbocycles. The second kappa shape index (κ2) is 14.9. The van der Waals surface area contributed by atoms with Crippen LogP contribution in [0.5, 0.6) is 0 Å². The van der Waals surface area contributed by atoms with Crippen molar-refractivity contribution in [3.63, 3.8) is 0 Å². The summed E-state index contributed by atoms with van der Waals surface area (Å²) in [5, 5.41) is 12.2. The summed E-state index contributed by atoms with van der Waals surface area (Å²) in [5.41, 5.74) is -0.326. The average molecular weight is 578 g/mol. The second-order valence-corrected chi connectivity index (χ2v) is 12.4. The van der Waals surface area contributed by atoms with Crippen LogP contribution >= 0.6 is 0 Å². The Morgan fingerprint density at radius 2 is 1.54 bits per heavy atom. The molecular formula is C29H47N5O7. The van der Waals surface area contributed by atoms with Crippen LogP contribution in [0.2, 0.25) is 0 Å². The van der Waals surface area contributed by atoms with Crippen molar-refractivity contribution in [3.05, 3.63) is 17.5 Å². The van der Waals surface area contributed by atoms with Crippen molar-refractivity contribution in [2.45, 2.75) is 85.0 Å². The minimum absolute atomic E-state index is 0.0209. The molecule has 12 nitrogen and oxygen atoms in total. The number of rotatable bonds is 16. The Hall–Kier alpha value is -2.83. The number of hydrogen-bond acceptors (Lipinski definition) is 9. The molecule has 0 radical (unpaired) electrons. The number of Topliss-reactive ketones (excluding diaryl/α,β-unsaturated/α-hetero) is 1. The van der Waals surface area contributed by atoms with Gasteiger partial charge in [-0.05, 0) is 37.5 Å². The molecular weight excluding hydrogens is 530 g/mol. The summed E-state index contributed by atoms with van der Waals surface area (Å²) < 4.78 is 15.9. The Morgan fingerprint density at radius 1 is 0.951 bits per heavy atom. The lowest BCUT2D eigenvalue weighted by molar-refractivity contribution is -0.134. The Bertz CT molecular complexity index is 1050. The van der Waals surface area contributed by atoms with E-state index in [4.69, 9.17) is 14.0 Å². The van der Waals surface area contributed by atoms with Crippen molar-refractivity contribution >= 4 is 23.5 Å². The Labute approximate surface area is 242 Å². The van der Waals surface area contributed by atoms with Crippen LogP contribution in [0.4, 0.5) is 0 Å². The van der Waals surface area contributed by atoms with Crippen LogP contribution in [0.1, 0.15) is 76.6 Å². The van der Waals surface area contributed by atoms with E-state index in [1.807, 2.05) is 34.6 Å². The van der Waals surface area contributed by atoms with Crippen LogP contribution in [0.15, 0.2) is 10.6 Å². The van der Waals surface area contributed by atoms with Crippen LogP contribution in [0, 0.1) is 17.3 Å². The molecule has 1 saturated heterocycles. The predicted molar refractivity (Wildman–Crippen MR) is 151 cm³/mol. The van der Waals surface area contributed by atoms with Gasteiger partial charge < -0.3 is 29.9 Å². The van der Waals surface area contributed by atoms with Crippen LogP contribution in [0.25, 0.3) is 0 Å². The summed E-state index contributed by atoms with van der Waals surface area (Å²) in [6.07, 6.45) is 2.46. The average Bonchev–Trinajstić information content (AvgIpc) is 3.49. The van der Waals surface area contributed by atoms with Crippen LogP contribution in [-0.2, 0) is 30.4 Å². The van der Waals surface area contributed by atoms with E-state index < -0.39 is 41.3 Å². The summed E-state index contributed by atoms with van der Waals surface area (Å²) in [6.45, 7) is 13.0. The number of carbonyl (C=O) groups is 4. The predicted octanol–water partition coefficient (Wildman–Crippen LogP) is 1.68. The summed E-state index contributed by atoms with van der Waals surface area (Å²) in [4.78, 5) is 54.9. The molecule has 0 unspecified atom stereocenters. The SMILES string of the molecule is COC[C@H](NC(=O)[C@H](CC(C)C)NC(=O)c1cc(CN2CCOCC2)on1)C(=O)N[C@@H](CC(C)C)C(=O)C1(C)CC1. The van der Waals surface area contributed by atoms with Gasteiger partial charge in [0.05, 0.1) is 32.4 Å². The molecule has 2 heterocycles. The molecule has 12 heteroatoms. The molecule has 3 atom stereocenters. The van der Waals surface area contributed by atoms with Gasteiger partial charge >= 0.3 is 0 Å². The minimum atomic E-state index is -1.04. The Balaban J connectivity index is 1.65. The van der Waals surface area contributed by atoms with Crippen LogP contribution in [-0.4, -0.2) is 91.7 Å². The quantitative estimate of drug-likeness (QED) is 0.266. The van der Waals surface area contributed by atoms with E-state index in [1.54, 1.807) is 6.07 Å². The van der Waals surface area contributed by atoms with Gasteiger partial charge in [0.15, 0.2) is 17.2 Å². The van der Waals surface area contributed by atoms with Gasteiger partial charge in [-0.2, -0.15) is 0 Å². The first kappa shape index (κ1) is 32.7. The number of ketones is 1. The number of ether oxygens (including phenoxy) is 2. The topological polar surface area (TPSA) is 152 Å². The fourth-order valence-electron chi connectivity index (χ4n) is 4.86. The van der Waals surface area contributed by atoms with Gasteiger partial charge in [0.1, 0.15) is 12.1 Å². The molecule has 3 amide bonds. The van der Waals surface area contributed by atoms with Gasteiger partial charge in [-0.1, -0.05) is 39.8 Å². The largest absolute Gasteiger partial charge is 0.382 e. The maximum absolute atomic E-state index is 13.4. The van der Waals surface area contributed by atoms with E-state index in [-0.39, 0.29) is 29.9 Å². The molecule has 230 valence electrons. The smallest absolute Gasteiger partial charge is 0.274 e. The fraction of sp³-hybridized carbons (Fsp3) is 0.759. The molecule has 3 N–H and O–H groups in total. The van der Waals surface area contributed by atoms with Gasteiger partial charge in [-0.3, -0.25) is 24.1 Å². The van der Waals surface area contributed by atoms with Gasteiger partial charge in [-0.25, -0.2) is 0 Å². The number of amides is 3. The van der Waals surface area contributed by atoms with Crippen molar-refractivity contribution in [3.8, 4) is 0 Å². The highest BCUT2D eigenvalue weighted by Crippen LogP contribution is 2.47. The molecule has 1 aliphatic heterocycles. The lowest BCUT2D eigenvalue weighted by Gasteiger charge is -2.27. The highest BCUT2D eigenvalue weighted by Gasteiger charge is 2.48. The van der Waals surface area contributed by atoms with E-state index in [0.717, 1.165) is 25.9 Å². The molecule has 1 saturated carbocycles. The third-order valence-electron chi connectivity index (χ3n) is 7.50. The summed E-state index contributed by atoms with van der Waals surface area (Å²) in [5.74, 6) is -0.738. The minimum Gasteiger partial charge on any atom is -0.382 e. The molecule has 3 rings (SSSR count). The zero-order chi connectivity index (χ0) is 30.2. The molecule has 1 aliphatic carbocycles. The molecule has 0 spiro atoms. The number of aromatic nitrogens is 1.